The fourth-order valence-electron chi connectivity index (χ4n) is 2.26. The van der Waals surface area contributed by atoms with E-state index in [1.165, 1.54) is 7.11 Å². The Hall–Kier alpha value is -2.83. The molecule has 1 atom stereocenters. The number of amides is 1. The van der Waals surface area contributed by atoms with Gasteiger partial charge in [-0.1, -0.05) is 5.16 Å². The van der Waals surface area contributed by atoms with Crippen LogP contribution < -0.4 is 10.1 Å². The summed E-state index contributed by atoms with van der Waals surface area (Å²) in [6.45, 7) is 5.79. The highest BCUT2D eigenvalue weighted by Gasteiger charge is 2.14. The maximum absolute atomic E-state index is 12.1. The van der Waals surface area contributed by atoms with Crippen molar-refractivity contribution in [1.29, 1.82) is 0 Å². The second-order valence-corrected chi connectivity index (χ2v) is 5.77. The van der Waals surface area contributed by atoms with Gasteiger partial charge in [-0.3, -0.25) is 9.59 Å². The quantitative estimate of drug-likeness (QED) is 0.775. The summed E-state index contributed by atoms with van der Waals surface area (Å²) >= 11 is 0. The zero-order valence-corrected chi connectivity index (χ0v) is 14.8. The highest BCUT2D eigenvalue weighted by atomic mass is 16.5. The Morgan fingerprint density at radius 2 is 1.92 bits per heavy atom. The van der Waals surface area contributed by atoms with E-state index in [4.69, 9.17) is 9.26 Å². The first-order valence-electron chi connectivity index (χ1n) is 7.93. The maximum atomic E-state index is 12.1. The Bertz CT molecular complexity index is 717. The molecule has 0 saturated heterocycles. The van der Waals surface area contributed by atoms with Gasteiger partial charge in [0.05, 0.1) is 24.8 Å². The van der Waals surface area contributed by atoms with Crippen LogP contribution in [0, 0.1) is 13.8 Å². The number of hydrogen-bond donors (Lipinski definition) is 1. The Morgan fingerprint density at radius 3 is 2.48 bits per heavy atom. The summed E-state index contributed by atoms with van der Waals surface area (Å²) in [4.78, 5) is 23.3. The predicted octanol–water partition coefficient (Wildman–Crippen LogP) is 2.55. The van der Waals surface area contributed by atoms with E-state index >= 15 is 0 Å². The molecule has 25 heavy (non-hydrogen) atoms. The molecule has 0 saturated carbocycles. The SMILES string of the molecule is COC(=O)CC(C)NC(=O)c1ccc(OCc2c(C)noc2C)cc1. The van der Waals surface area contributed by atoms with E-state index in [1.54, 1.807) is 31.2 Å². The molecule has 1 N–H and O–H groups in total. The van der Waals surface area contributed by atoms with Crippen molar-refractivity contribution in [1.82, 2.24) is 10.5 Å². The van der Waals surface area contributed by atoms with Gasteiger partial charge >= 0.3 is 5.97 Å². The molecule has 0 radical (unpaired) electrons. The average molecular weight is 346 g/mol. The number of carbonyl (C=O) groups is 2. The summed E-state index contributed by atoms with van der Waals surface area (Å²) < 4.78 is 15.4. The molecule has 0 aliphatic carbocycles. The van der Waals surface area contributed by atoms with Gasteiger partial charge in [-0.15, -0.1) is 0 Å². The topological polar surface area (TPSA) is 90.7 Å². The van der Waals surface area contributed by atoms with Crippen LogP contribution in [0.25, 0.3) is 0 Å². The summed E-state index contributed by atoms with van der Waals surface area (Å²) in [6, 6.07) is 6.47. The monoisotopic (exact) mass is 346 g/mol. The molecule has 0 aliphatic heterocycles. The summed E-state index contributed by atoms with van der Waals surface area (Å²) in [5.41, 5.74) is 2.20. The largest absolute Gasteiger partial charge is 0.489 e. The van der Waals surface area contributed by atoms with Crippen molar-refractivity contribution in [3.8, 4) is 5.75 Å². The molecule has 0 bridgehead atoms. The van der Waals surface area contributed by atoms with Crippen molar-refractivity contribution in [2.24, 2.45) is 0 Å². The molecule has 1 amide bonds. The van der Waals surface area contributed by atoms with Crippen LogP contribution in [-0.4, -0.2) is 30.2 Å². The predicted molar refractivity (Wildman–Crippen MR) is 90.3 cm³/mol. The van der Waals surface area contributed by atoms with Crippen LogP contribution >= 0.6 is 0 Å². The molecule has 0 aliphatic rings. The van der Waals surface area contributed by atoms with E-state index < -0.39 is 0 Å². The first kappa shape index (κ1) is 18.5. The highest BCUT2D eigenvalue weighted by Crippen LogP contribution is 2.18. The van der Waals surface area contributed by atoms with E-state index in [9.17, 15) is 9.59 Å². The lowest BCUT2D eigenvalue weighted by Gasteiger charge is -2.13. The number of carbonyl (C=O) groups excluding carboxylic acids is 2. The van der Waals surface area contributed by atoms with Crippen LogP contribution in [0.4, 0.5) is 0 Å². The average Bonchev–Trinajstić information content (AvgIpc) is 2.91. The minimum atomic E-state index is -0.365. The maximum Gasteiger partial charge on any atom is 0.307 e. The second-order valence-electron chi connectivity index (χ2n) is 5.77. The third-order valence-corrected chi connectivity index (χ3v) is 3.76. The number of aryl methyl sites for hydroxylation is 2. The number of nitrogens with one attached hydrogen (secondary N) is 1. The zero-order valence-electron chi connectivity index (χ0n) is 14.8. The fraction of sp³-hybridized carbons (Fsp3) is 0.389. The van der Waals surface area contributed by atoms with E-state index in [-0.39, 0.29) is 24.3 Å². The number of nitrogens with zero attached hydrogens (tertiary/aromatic N) is 1. The van der Waals surface area contributed by atoms with Gasteiger partial charge in [0.2, 0.25) is 0 Å². The minimum Gasteiger partial charge on any atom is -0.489 e. The molecule has 7 nitrogen and oxygen atoms in total. The van der Waals surface area contributed by atoms with Crippen molar-refractivity contribution >= 4 is 11.9 Å². The molecule has 134 valence electrons. The van der Waals surface area contributed by atoms with Crippen molar-refractivity contribution in [2.75, 3.05) is 7.11 Å². The van der Waals surface area contributed by atoms with E-state index in [0.29, 0.717) is 17.9 Å². The number of methoxy groups -OCH3 is 1. The minimum absolute atomic E-state index is 0.126. The summed E-state index contributed by atoms with van der Waals surface area (Å²) in [5.74, 6) is 0.747. The molecule has 7 heteroatoms. The Kier molecular flexibility index (Phi) is 6.16. The first-order chi connectivity index (χ1) is 11.9. The molecule has 1 heterocycles. The van der Waals surface area contributed by atoms with Gasteiger partial charge in [0.15, 0.2) is 0 Å². The normalized spacial score (nSPS) is 11.7. The van der Waals surface area contributed by atoms with E-state index in [0.717, 1.165) is 17.0 Å². The number of ether oxygens (including phenoxy) is 2. The van der Waals surface area contributed by atoms with Crippen LogP contribution in [0.5, 0.6) is 5.75 Å². The van der Waals surface area contributed by atoms with Gasteiger partial charge in [0.1, 0.15) is 18.1 Å². The Morgan fingerprint density at radius 1 is 1.24 bits per heavy atom. The van der Waals surface area contributed by atoms with Crippen molar-refractivity contribution in [2.45, 2.75) is 39.8 Å². The molecular weight excluding hydrogens is 324 g/mol. The second kappa shape index (κ2) is 8.32. The third kappa shape index (κ3) is 5.07. The fourth-order valence-corrected chi connectivity index (χ4v) is 2.26. The van der Waals surface area contributed by atoms with Gasteiger partial charge in [-0.05, 0) is 45.0 Å². The first-order valence-corrected chi connectivity index (χ1v) is 7.93. The van der Waals surface area contributed by atoms with Gasteiger partial charge in [0, 0.05) is 11.6 Å². The Balaban J connectivity index is 1.90. The number of rotatable bonds is 7. The Labute approximate surface area is 146 Å². The van der Waals surface area contributed by atoms with Gasteiger partial charge < -0.3 is 19.3 Å². The summed E-state index contributed by atoms with van der Waals surface area (Å²) in [7, 11) is 1.32. The number of aromatic nitrogens is 1. The molecule has 1 aromatic carbocycles. The van der Waals surface area contributed by atoms with Crippen LogP contribution in [0.3, 0.4) is 0 Å². The number of hydrogen-bond acceptors (Lipinski definition) is 6. The molecule has 2 aromatic rings. The molecule has 1 aromatic heterocycles. The smallest absolute Gasteiger partial charge is 0.307 e. The summed E-state index contributed by atoms with van der Waals surface area (Å²) in [6.07, 6.45) is 0.126. The van der Waals surface area contributed by atoms with Crippen molar-refractivity contribution in [3.05, 3.63) is 46.8 Å². The van der Waals surface area contributed by atoms with Crippen molar-refractivity contribution < 1.29 is 23.6 Å². The van der Waals surface area contributed by atoms with Crippen molar-refractivity contribution in [3.63, 3.8) is 0 Å². The number of esters is 1. The number of benzene rings is 1. The van der Waals surface area contributed by atoms with Crippen LogP contribution in [0.15, 0.2) is 28.8 Å². The molecule has 1 unspecified atom stereocenters. The molecule has 0 fully saturated rings. The summed E-state index contributed by atoms with van der Waals surface area (Å²) in [5, 5.41) is 6.63. The van der Waals surface area contributed by atoms with Crippen LogP contribution in [-0.2, 0) is 16.1 Å². The van der Waals surface area contributed by atoms with Gasteiger partial charge in [-0.25, -0.2) is 0 Å². The molecule has 0 spiro atoms. The lowest BCUT2D eigenvalue weighted by molar-refractivity contribution is -0.141. The van der Waals surface area contributed by atoms with E-state index in [1.807, 2.05) is 13.8 Å². The standard InChI is InChI=1S/C18H22N2O5/c1-11(9-17(21)23-4)19-18(22)14-5-7-15(8-6-14)24-10-16-12(2)20-25-13(16)3/h5-8,11H,9-10H2,1-4H3,(H,19,22). The molecular formula is C18H22N2O5. The van der Waals surface area contributed by atoms with Crippen LogP contribution in [0.2, 0.25) is 0 Å². The van der Waals surface area contributed by atoms with Crippen LogP contribution in [0.1, 0.15) is 40.7 Å². The van der Waals surface area contributed by atoms with Gasteiger partial charge in [0.25, 0.3) is 5.91 Å². The zero-order chi connectivity index (χ0) is 18.4. The van der Waals surface area contributed by atoms with Gasteiger partial charge in [-0.2, -0.15) is 0 Å². The lowest BCUT2D eigenvalue weighted by Crippen LogP contribution is -2.34. The highest BCUT2D eigenvalue weighted by molar-refractivity contribution is 5.94. The molecule has 2 rings (SSSR count). The lowest BCUT2D eigenvalue weighted by atomic mass is 10.1. The third-order valence-electron chi connectivity index (χ3n) is 3.76. The van der Waals surface area contributed by atoms with E-state index in [2.05, 4.69) is 15.2 Å².